The van der Waals surface area contributed by atoms with Gasteiger partial charge in [0.1, 0.15) is 5.82 Å². The van der Waals surface area contributed by atoms with Crippen LogP contribution in [0.4, 0.5) is 0 Å². The lowest BCUT2D eigenvalue weighted by atomic mass is 10.2. The molecule has 2 aromatic rings. The molecule has 0 aliphatic rings. The third kappa shape index (κ3) is 2.34. The topological polar surface area (TPSA) is 60.9 Å². The van der Waals surface area contributed by atoms with Crippen molar-refractivity contribution in [3.05, 3.63) is 29.6 Å². The minimum atomic E-state index is 0.172. The van der Waals surface area contributed by atoms with E-state index in [1.807, 2.05) is 19.1 Å². The summed E-state index contributed by atoms with van der Waals surface area (Å²) >= 11 is 0. The molecule has 2 rings (SSSR count). The van der Waals surface area contributed by atoms with Crippen molar-refractivity contribution in [2.45, 2.75) is 13.5 Å². The van der Waals surface area contributed by atoms with Gasteiger partial charge >= 0.3 is 0 Å². The number of fused-ring (bicyclic) bond motifs is 1. The van der Waals surface area contributed by atoms with Crippen molar-refractivity contribution in [1.29, 1.82) is 0 Å². The quantitative estimate of drug-likeness (QED) is 0.651. The van der Waals surface area contributed by atoms with Crippen molar-refractivity contribution in [2.24, 2.45) is 0 Å². The molecule has 4 nitrogen and oxygen atoms in total. The van der Waals surface area contributed by atoms with Crippen LogP contribution in [0.3, 0.4) is 0 Å². The number of hydrogen-bond acceptors (Lipinski definition) is 3. The summed E-state index contributed by atoms with van der Waals surface area (Å²) in [5.41, 5.74) is 3.26. The van der Waals surface area contributed by atoms with E-state index in [0.29, 0.717) is 6.54 Å². The molecule has 0 saturated heterocycles. The van der Waals surface area contributed by atoms with Crippen LogP contribution in [0.5, 0.6) is 0 Å². The summed E-state index contributed by atoms with van der Waals surface area (Å²) < 4.78 is 0. The van der Waals surface area contributed by atoms with Crippen molar-refractivity contribution in [1.82, 2.24) is 15.3 Å². The molecule has 0 atom stereocenters. The van der Waals surface area contributed by atoms with Crippen molar-refractivity contribution >= 4 is 11.0 Å². The SMILES string of the molecule is Cc1nc2ccc(CNCCO)cc2[nH]1. The van der Waals surface area contributed by atoms with Crippen LogP contribution in [-0.4, -0.2) is 28.2 Å². The minimum Gasteiger partial charge on any atom is -0.395 e. The maximum absolute atomic E-state index is 8.64. The number of aromatic amines is 1. The second-order valence-electron chi connectivity index (χ2n) is 3.57. The number of benzene rings is 1. The number of aryl methyl sites for hydroxylation is 1. The highest BCUT2D eigenvalue weighted by Crippen LogP contribution is 2.13. The van der Waals surface area contributed by atoms with Gasteiger partial charge in [-0.25, -0.2) is 4.98 Å². The van der Waals surface area contributed by atoms with E-state index in [2.05, 4.69) is 21.4 Å². The molecule has 0 unspecified atom stereocenters. The number of hydrogen-bond donors (Lipinski definition) is 3. The van der Waals surface area contributed by atoms with Crippen molar-refractivity contribution < 1.29 is 5.11 Å². The van der Waals surface area contributed by atoms with Gasteiger partial charge in [-0.2, -0.15) is 0 Å². The van der Waals surface area contributed by atoms with Gasteiger partial charge < -0.3 is 15.4 Å². The fraction of sp³-hybridized carbons (Fsp3) is 0.364. The van der Waals surface area contributed by atoms with Gasteiger partial charge in [0.2, 0.25) is 0 Å². The Labute approximate surface area is 88.3 Å². The second-order valence-corrected chi connectivity index (χ2v) is 3.57. The van der Waals surface area contributed by atoms with Crippen LogP contribution in [0.15, 0.2) is 18.2 Å². The maximum Gasteiger partial charge on any atom is 0.104 e. The zero-order valence-electron chi connectivity index (χ0n) is 8.75. The summed E-state index contributed by atoms with van der Waals surface area (Å²) in [6, 6.07) is 6.14. The summed E-state index contributed by atoms with van der Waals surface area (Å²) in [5.74, 6) is 0.936. The van der Waals surface area contributed by atoms with Gasteiger partial charge in [0.15, 0.2) is 0 Å². The van der Waals surface area contributed by atoms with Crippen LogP contribution < -0.4 is 5.32 Å². The molecule has 4 heteroatoms. The number of H-pyrrole nitrogens is 1. The molecule has 15 heavy (non-hydrogen) atoms. The van der Waals surface area contributed by atoms with Crippen LogP contribution in [0, 0.1) is 6.92 Å². The predicted molar refractivity (Wildman–Crippen MR) is 59.6 cm³/mol. The standard InChI is InChI=1S/C11H15N3O/c1-8-13-10-3-2-9(6-11(10)14-8)7-12-4-5-15/h2-3,6,12,15H,4-5,7H2,1H3,(H,13,14). The first-order chi connectivity index (χ1) is 7.29. The lowest BCUT2D eigenvalue weighted by molar-refractivity contribution is 0.292. The first-order valence-electron chi connectivity index (χ1n) is 5.06. The Hall–Kier alpha value is -1.39. The Morgan fingerprint density at radius 3 is 3.13 bits per heavy atom. The molecule has 1 aromatic carbocycles. The van der Waals surface area contributed by atoms with E-state index in [1.165, 1.54) is 5.56 Å². The minimum absolute atomic E-state index is 0.172. The molecule has 0 aliphatic heterocycles. The van der Waals surface area contributed by atoms with E-state index in [0.717, 1.165) is 23.4 Å². The Balaban J connectivity index is 2.15. The molecule has 1 heterocycles. The average Bonchev–Trinajstić information content (AvgIpc) is 2.57. The van der Waals surface area contributed by atoms with Crippen LogP contribution >= 0.6 is 0 Å². The van der Waals surface area contributed by atoms with Crippen LogP contribution in [0.25, 0.3) is 11.0 Å². The zero-order chi connectivity index (χ0) is 10.7. The Morgan fingerprint density at radius 1 is 1.47 bits per heavy atom. The highest BCUT2D eigenvalue weighted by atomic mass is 16.3. The predicted octanol–water partition coefficient (Wildman–Crippen LogP) is 0.953. The van der Waals surface area contributed by atoms with Crippen molar-refractivity contribution in [2.75, 3.05) is 13.2 Å². The van der Waals surface area contributed by atoms with Gasteiger partial charge in [0.25, 0.3) is 0 Å². The van der Waals surface area contributed by atoms with E-state index in [-0.39, 0.29) is 6.61 Å². The Bertz CT molecular complexity index is 450. The first kappa shape index (κ1) is 10.1. The molecule has 0 spiro atoms. The molecular weight excluding hydrogens is 190 g/mol. The molecule has 0 amide bonds. The fourth-order valence-electron chi connectivity index (χ4n) is 1.61. The third-order valence-corrected chi connectivity index (χ3v) is 2.28. The van der Waals surface area contributed by atoms with Crippen LogP contribution in [0.1, 0.15) is 11.4 Å². The van der Waals surface area contributed by atoms with Gasteiger partial charge in [-0.05, 0) is 24.6 Å². The number of nitrogens with one attached hydrogen (secondary N) is 2. The molecule has 1 aromatic heterocycles. The molecule has 3 N–H and O–H groups in total. The maximum atomic E-state index is 8.64. The van der Waals surface area contributed by atoms with E-state index < -0.39 is 0 Å². The Morgan fingerprint density at radius 2 is 2.33 bits per heavy atom. The summed E-state index contributed by atoms with van der Waals surface area (Å²) in [6.07, 6.45) is 0. The number of nitrogens with zero attached hydrogens (tertiary/aromatic N) is 1. The van der Waals surface area contributed by atoms with E-state index in [9.17, 15) is 0 Å². The molecule has 80 valence electrons. The molecule has 0 radical (unpaired) electrons. The van der Waals surface area contributed by atoms with Crippen LogP contribution in [0.2, 0.25) is 0 Å². The number of aromatic nitrogens is 2. The van der Waals surface area contributed by atoms with Gasteiger partial charge in [-0.3, -0.25) is 0 Å². The normalized spacial score (nSPS) is 11.1. The molecule has 0 aliphatic carbocycles. The third-order valence-electron chi connectivity index (χ3n) is 2.28. The van der Waals surface area contributed by atoms with E-state index in [4.69, 9.17) is 5.11 Å². The Kier molecular flexibility index (Phi) is 2.99. The van der Waals surface area contributed by atoms with Gasteiger partial charge in [0, 0.05) is 13.1 Å². The average molecular weight is 205 g/mol. The summed E-state index contributed by atoms with van der Waals surface area (Å²) in [6.45, 7) is 3.52. The number of rotatable bonds is 4. The van der Waals surface area contributed by atoms with Gasteiger partial charge in [-0.15, -0.1) is 0 Å². The summed E-state index contributed by atoms with van der Waals surface area (Å²) in [7, 11) is 0. The summed E-state index contributed by atoms with van der Waals surface area (Å²) in [5, 5.41) is 11.8. The highest BCUT2D eigenvalue weighted by Gasteiger charge is 2.00. The van der Waals surface area contributed by atoms with E-state index >= 15 is 0 Å². The number of aliphatic hydroxyl groups is 1. The first-order valence-corrected chi connectivity index (χ1v) is 5.06. The molecule has 0 fully saturated rings. The smallest absolute Gasteiger partial charge is 0.104 e. The van der Waals surface area contributed by atoms with Crippen LogP contribution in [-0.2, 0) is 6.54 Å². The summed E-state index contributed by atoms with van der Waals surface area (Å²) in [4.78, 5) is 7.54. The second kappa shape index (κ2) is 4.42. The fourth-order valence-corrected chi connectivity index (χ4v) is 1.61. The number of aliphatic hydroxyl groups excluding tert-OH is 1. The molecular formula is C11H15N3O. The van der Waals surface area contributed by atoms with Crippen molar-refractivity contribution in [3.8, 4) is 0 Å². The largest absolute Gasteiger partial charge is 0.395 e. The van der Waals surface area contributed by atoms with E-state index in [1.54, 1.807) is 0 Å². The lowest BCUT2D eigenvalue weighted by Crippen LogP contribution is -2.17. The van der Waals surface area contributed by atoms with Gasteiger partial charge in [0.05, 0.1) is 17.6 Å². The number of imidazole rings is 1. The lowest BCUT2D eigenvalue weighted by Gasteiger charge is -2.02. The molecule has 0 bridgehead atoms. The highest BCUT2D eigenvalue weighted by molar-refractivity contribution is 5.75. The van der Waals surface area contributed by atoms with Crippen molar-refractivity contribution in [3.63, 3.8) is 0 Å². The monoisotopic (exact) mass is 205 g/mol. The van der Waals surface area contributed by atoms with Gasteiger partial charge in [-0.1, -0.05) is 6.07 Å². The molecule has 0 saturated carbocycles. The zero-order valence-corrected chi connectivity index (χ0v) is 8.75.